The Labute approximate surface area is 743 Å². The minimum atomic E-state index is -3.32. The highest BCUT2D eigenvalue weighted by atomic mass is 35.5. The van der Waals surface area contributed by atoms with Crippen LogP contribution < -0.4 is 38.5 Å². The number of carbonyl (C=O) groups excluding carboxylic acids is 4. The molecule has 18 rings (SSSR count). The Hall–Kier alpha value is -12.8. The molecule has 0 atom stereocenters. The van der Waals surface area contributed by atoms with Gasteiger partial charge in [0.05, 0.1) is 122 Å². The van der Waals surface area contributed by atoms with Gasteiger partial charge >= 0.3 is 0 Å². The number of halogens is 5. The van der Waals surface area contributed by atoms with Gasteiger partial charge in [-0.15, -0.1) is 0 Å². The van der Waals surface area contributed by atoms with E-state index in [1.807, 2.05) is 60.9 Å². The summed E-state index contributed by atoms with van der Waals surface area (Å²) in [4.78, 5) is 75.0. The monoisotopic (exact) mass is 1850 g/mol. The fraction of sp³-hybridized carbons (Fsp3) is 0.136. The zero-order chi connectivity index (χ0) is 87.9. The van der Waals surface area contributed by atoms with Crippen LogP contribution in [0.3, 0.4) is 0 Å². The summed E-state index contributed by atoms with van der Waals surface area (Å²) in [5.41, 5.74) is 14.3. The summed E-state index contributed by atoms with van der Waals surface area (Å²) in [6.45, 7) is 8.93. The maximum atomic E-state index is 12.9. The standard InChI is InChI=1S/C23H19ClN4O3S.C22H18ClN5O3S.C22H17ClN4O3S.C21H17Cl2N3O3S/c24-19-7-4-16(14-18(19)20-8-9-21-22(27-20)10-11-25-21)26-23(29)15-2-5-17(6-3-15)28-12-1-13-32(28,30)31;23-19-13-17(28-10-3-11-32(28,30)31)7-8-18(19)22(29)26-16-5-1-4-15(12-16)21-20-6-2-9-27(20)25-14-24-21;1-24-16-9-10-25-21(14-16)19-13-17(5-8-20(19)23)26-22(28)15-3-6-18(7-4-15)27-11-2-12-31(27,29)30;22-15-4-9-20(24-13-15)18-12-16(5-8-19(18)23)25-21(27)14-2-6-17(7-3-14)26-10-1-11-30(26,28)29/h2-11,14,25H,1,12-13H2,(H,26,29);1-2,4-9,12-14H,3,10-11H2,(H,26,29);3-10,13-14H,2,11-12H2,(H,26,28);2-9,12-13H,1,10-11H2,(H,25,27). The van der Waals surface area contributed by atoms with Crippen LogP contribution in [-0.4, -0.2) is 141 Å². The lowest BCUT2D eigenvalue weighted by Gasteiger charge is -2.18. The smallest absolute Gasteiger partial charge is 0.257 e. The third-order valence-electron chi connectivity index (χ3n) is 20.4. The molecule has 6 aromatic heterocycles. The second-order valence-electron chi connectivity index (χ2n) is 28.7. The summed E-state index contributed by atoms with van der Waals surface area (Å²) in [6, 6.07) is 63.1. The number of carbonyl (C=O) groups is 4. The largest absolute Gasteiger partial charge is 0.360 e. The van der Waals surface area contributed by atoms with Crippen LogP contribution in [0.1, 0.15) is 67.1 Å². The highest BCUT2D eigenvalue weighted by Gasteiger charge is 2.33. The molecule has 4 fully saturated rings. The average molecular weight is 1850 g/mol. The lowest BCUT2D eigenvalue weighted by Crippen LogP contribution is -2.25. The van der Waals surface area contributed by atoms with Crippen LogP contribution in [0.25, 0.3) is 66.4 Å². The van der Waals surface area contributed by atoms with Crippen molar-refractivity contribution in [2.45, 2.75) is 25.7 Å². The number of fused-ring (bicyclic) bond motifs is 2. The molecule has 14 aromatic rings. The fourth-order valence-electron chi connectivity index (χ4n) is 14.2. The quantitative estimate of drug-likeness (QED) is 0.0561. The van der Waals surface area contributed by atoms with Crippen molar-refractivity contribution in [3.05, 3.63) is 314 Å². The van der Waals surface area contributed by atoms with Gasteiger partial charge in [0.15, 0.2) is 5.69 Å². The number of nitrogens with zero attached hydrogens (tertiary/aromatic N) is 11. The highest BCUT2D eigenvalue weighted by Crippen LogP contribution is 2.38. The van der Waals surface area contributed by atoms with Crippen LogP contribution in [0.2, 0.25) is 25.1 Å². The van der Waals surface area contributed by atoms with Gasteiger partial charge < -0.3 is 26.3 Å². The van der Waals surface area contributed by atoms with Gasteiger partial charge in [0.1, 0.15) is 6.33 Å². The first-order valence-electron chi connectivity index (χ1n) is 38.6. The van der Waals surface area contributed by atoms with Crippen molar-refractivity contribution in [2.24, 2.45) is 0 Å². The number of nitrogens with one attached hydrogen (secondary N) is 5. The summed E-state index contributed by atoms with van der Waals surface area (Å²) in [5, 5.41) is 17.7. The Morgan fingerprint density at radius 1 is 0.416 bits per heavy atom. The molecule has 0 unspecified atom stereocenters. The van der Waals surface area contributed by atoms with E-state index in [1.165, 1.54) is 42.0 Å². The molecule has 10 heterocycles. The summed E-state index contributed by atoms with van der Waals surface area (Å²) in [5.74, 6) is -0.791. The van der Waals surface area contributed by atoms with Gasteiger partial charge in [0.2, 0.25) is 40.1 Å². The van der Waals surface area contributed by atoms with Gasteiger partial charge in [-0.3, -0.25) is 46.4 Å². The van der Waals surface area contributed by atoms with E-state index >= 15 is 0 Å². The van der Waals surface area contributed by atoms with Gasteiger partial charge in [0, 0.05) is 113 Å². The zero-order valence-corrected chi connectivity index (χ0v) is 72.6. The lowest BCUT2D eigenvalue weighted by atomic mass is 10.1. The van der Waals surface area contributed by atoms with Crippen molar-refractivity contribution in [2.75, 3.05) is 87.7 Å². The van der Waals surface area contributed by atoms with E-state index in [9.17, 15) is 52.8 Å². The van der Waals surface area contributed by atoms with E-state index in [1.54, 1.807) is 174 Å². The van der Waals surface area contributed by atoms with Gasteiger partial charge in [-0.1, -0.05) is 70.1 Å². The Balaban J connectivity index is 0.000000129. The van der Waals surface area contributed by atoms with Crippen molar-refractivity contribution >= 4 is 189 Å². The molecule has 4 aliphatic rings. The third kappa shape index (κ3) is 20.2. The Kier molecular flexibility index (Phi) is 26.0. The number of H-pyrrole nitrogens is 1. The van der Waals surface area contributed by atoms with Crippen LogP contribution in [0.5, 0.6) is 0 Å². The molecule has 0 bridgehead atoms. The normalized spacial score (nSPS) is 15.1. The molecule has 4 aliphatic heterocycles. The maximum Gasteiger partial charge on any atom is 0.257 e. The predicted octanol–water partition coefficient (Wildman–Crippen LogP) is 18.1. The van der Waals surface area contributed by atoms with Crippen molar-refractivity contribution in [3.63, 3.8) is 0 Å². The SMILES string of the molecule is O=C(Nc1ccc(Cl)c(-c2ccc(Cl)cn2)c1)c1ccc(N2CCCS2(=O)=O)cc1.O=C(Nc1ccc(Cl)c(-c2ccc3[nH]ccc3n2)c1)c1ccc(N2CCCS2(=O)=O)cc1.O=C(Nc1cccc(-c2ncnn3cccc23)c1)c1ccc(N2CCCS2(=O)=O)cc1Cl.[C-]#[N+]c1ccnc(-c2cc(NC(=O)c3ccc(N4CCCS4(=O)=O)cc3)ccc2Cl)c1. The van der Waals surface area contributed by atoms with E-state index in [4.69, 9.17) is 64.6 Å². The molecule has 0 aliphatic carbocycles. The molecule has 0 radical (unpaired) electrons. The number of amides is 4. The number of hydrogen-bond acceptors (Lipinski definition) is 17. The zero-order valence-electron chi connectivity index (χ0n) is 65.6. The molecule has 0 spiro atoms. The number of aromatic amines is 1. The first kappa shape index (κ1) is 87.1. The molecule has 4 saturated heterocycles. The summed E-state index contributed by atoms with van der Waals surface area (Å²) in [6.07, 6.45) is 10.6. The van der Waals surface area contributed by atoms with Gasteiger partial charge in [0.25, 0.3) is 23.6 Å². The topological polar surface area (TPSA) is 355 Å². The fourth-order valence-corrected chi connectivity index (χ4v) is 21.5. The Bertz CT molecular complexity index is 7060. The maximum absolute atomic E-state index is 12.9. The average Bonchev–Trinajstić information content (AvgIpc) is 1.62. The number of rotatable bonds is 16. The molecule has 634 valence electrons. The number of aromatic nitrogens is 7. The number of sulfonamides is 4. The summed E-state index contributed by atoms with van der Waals surface area (Å²) in [7, 11) is -13.1. The summed E-state index contributed by atoms with van der Waals surface area (Å²) >= 11 is 31.2. The van der Waals surface area contributed by atoms with Gasteiger partial charge in [-0.25, -0.2) is 53.0 Å². The molecular weight excluding hydrogens is 1780 g/mol. The third-order valence-corrected chi connectivity index (χ3v) is 29.4. The van der Waals surface area contributed by atoms with Crippen molar-refractivity contribution in [1.29, 1.82) is 0 Å². The Morgan fingerprint density at radius 2 is 0.880 bits per heavy atom. The second kappa shape index (κ2) is 37.3. The predicted molar refractivity (Wildman–Crippen MR) is 491 cm³/mol. The van der Waals surface area contributed by atoms with Crippen molar-refractivity contribution < 1.29 is 52.8 Å². The van der Waals surface area contributed by atoms with E-state index in [0.717, 1.165) is 27.8 Å². The van der Waals surface area contributed by atoms with Crippen LogP contribution in [0, 0.1) is 6.57 Å². The van der Waals surface area contributed by atoms with Crippen LogP contribution >= 0.6 is 58.0 Å². The van der Waals surface area contributed by atoms with Crippen LogP contribution in [0.15, 0.2) is 256 Å². The van der Waals surface area contributed by atoms with Crippen LogP contribution in [-0.2, 0) is 40.1 Å². The molecule has 0 saturated carbocycles. The first-order chi connectivity index (χ1) is 60.0. The second-order valence-corrected chi connectivity index (χ2v) is 38.8. The number of hydrogen-bond donors (Lipinski definition) is 5. The molecule has 28 nitrogen and oxygen atoms in total. The molecular formula is C88H71Cl5N16O12S4. The van der Waals surface area contributed by atoms with E-state index in [2.05, 4.69) is 56.1 Å². The van der Waals surface area contributed by atoms with E-state index < -0.39 is 46.0 Å². The Morgan fingerprint density at radius 3 is 1.35 bits per heavy atom. The van der Waals surface area contributed by atoms with Crippen molar-refractivity contribution in [3.8, 4) is 45.0 Å². The minimum absolute atomic E-state index is 0.116. The summed E-state index contributed by atoms with van der Waals surface area (Å²) < 4.78 is 104. The molecule has 37 heteroatoms. The lowest BCUT2D eigenvalue weighted by molar-refractivity contribution is 0.101. The van der Waals surface area contributed by atoms with Crippen LogP contribution in [0.4, 0.5) is 51.2 Å². The molecule has 8 aromatic carbocycles. The minimum Gasteiger partial charge on any atom is -0.360 e. The molecule has 4 amide bonds. The van der Waals surface area contributed by atoms with Crippen molar-refractivity contribution in [1.82, 2.24) is 34.5 Å². The number of pyridine rings is 3. The molecule has 125 heavy (non-hydrogen) atoms. The van der Waals surface area contributed by atoms with E-state index in [-0.39, 0.29) is 51.3 Å². The number of anilines is 8. The van der Waals surface area contributed by atoms with Gasteiger partial charge in [-0.2, -0.15) is 5.10 Å². The highest BCUT2D eigenvalue weighted by molar-refractivity contribution is 7.94. The van der Waals surface area contributed by atoms with Gasteiger partial charge in [-0.05, 0) is 238 Å². The van der Waals surface area contributed by atoms with E-state index in [0.29, 0.717) is 174 Å². The molecule has 5 N–H and O–H groups in total. The first-order valence-corrected chi connectivity index (χ1v) is 46.9. The number of benzene rings is 8.